The van der Waals surface area contributed by atoms with Crippen LogP contribution in [0.15, 0.2) is 59.8 Å². The first-order chi connectivity index (χ1) is 11.7. The highest BCUT2D eigenvalue weighted by Gasteiger charge is 2.09. The molecule has 0 aliphatic heterocycles. The number of ketones is 1. The zero-order valence-corrected chi connectivity index (χ0v) is 14.0. The van der Waals surface area contributed by atoms with Crippen LogP contribution in [-0.2, 0) is 6.61 Å². The highest BCUT2D eigenvalue weighted by atomic mass is 32.2. The number of aromatic nitrogens is 3. The smallest absolute Gasteiger partial charge is 0.208 e. The maximum atomic E-state index is 12.1. The highest BCUT2D eigenvalue weighted by Crippen LogP contribution is 2.16. The first-order valence-electron chi connectivity index (χ1n) is 7.52. The Morgan fingerprint density at radius 3 is 2.62 bits per heavy atom. The van der Waals surface area contributed by atoms with E-state index in [1.807, 2.05) is 61.5 Å². The summed E-state index contributed by atoms with van der Waals surface area (Å²) >= 11 is 1.31. The highest BCUT2D eigenvalue weighted by molar-refractivity contribution is 7.99. The molecule has 24 heavy (non-hydrogen) atoms. The van der Waals surface area contributed by atoms with Crippen LogP contribution in [-0.4, -0.2) is 26.7 Å². The fraction of sp³-hybridized carbons (Fsp3) is 0.167. The van der Waals surface area contributed by atoms with Gasteiger partial charge in [0.15, 0.2) is 11.6 Å². The molecule has 0 aliphatic rings. The maximum absolute atomic E-state index is 12.1. The van der Waals surface area contributed by atoms with Crippen LogP contribution in [0.25, 0.3) is 0 Å². The van der Waals surface area contributed by atoms with E-state index in [1.54, 1.807) is 0 Å². The standard InChI is InChI=1S/C18H17N3O2S/c1-13-7-9-15(10-8-13)23-11-17-19-18(21-20-17)24-12-16(22)14-5-3-2-4-6-14/h2-10H,11-12H2,1H3,(H,19,20,21). The van der Waals surface area contributed by atoms with Crippen molar-refractivity contribution in [2.24, 2.45) is 0 Å². The number of carbonyl (C=O) groups excluding carboxylic acids is 1. The molecule has 0 atom stereocenters. The van der Waals surface area contributed by atoms with Gasteiger partial charge in [0.2, 0.25) is 5.16 Å². The lowest BCUT2D eigenvalue weighted by Crippen LogP contribution is -2.02. The summed E-state index contributed by atoms with van der Waals surface area (Å²) in [4.78, 5) is 16.4. The van der Waals surface area contributed by atoms with Crippen molar-refractivity contribution in [3.8, 4) is 5.75 Å². The van der Waals surface area contributed by atoms with E-state index in [0.717, 1.165) is 5.75 Å². The number of hydrogen-bond donors (Lipinski definition) is 1. The Morgan fingerprint density at radius 1 is 1.12 bits per heavy atom. The van der Waals surface area contributed by atoms with Gasteiger partial charge >= 0.3 is 0 Å². The van der Waals surface area contributed by atoms with E-state index in [0.29, 0.717) is 28.9 Å². The minimum absolute atomic E-state index is 0.0582. The van der Waals surface area contributed by atoms with E-state index in [2.05, 4.69) is 15.2 Å². The van der Waals surface area contributed by atoms with Crippen LogP contribution in [0.4, 0.5) is 0 Å². The molecule has 1 heterocycles. The van der Waals surface area contributed by atoms with Crippen molar-refractivity contribution in [2.75, 3.05) is 5.75 Å². The van der Waals surface area contributed by atoms with E-state index in [9.17, 15) is 4.79 Å². The predicted molar refractivity (Wildman–Crippen MR) is 93.4 cm³/mol. The molecule has 0 aliphatic carbocycles. The Bertz CT molecular complexity index is 801. The van der Waals surface area contributed by atoms with Crippen LogP contribution in [0.2, 0.25) is 0 Å². The molecule has 0 amide bonds. The summed E-state index contributed by atoms with van der Waals surface area (Å²) in [6.07, 6.45) is 0. The number of hydrogen-bond acceptors (Lipinski definition) is 5. The predicted octanol–water partition coefficient (Wildman–Crippen LogP) is 3.67. The minimum atomic E-state index is 0.0582. The quantitative estimate of drug-likeness (QED) is 0.525. The first kappa shape index (κ1) is 16.3. The molecule has 6 heteroatoms. The number of aryl methyl sites for hydroxylation is 1. The summed E-state index contributed by atoms with van der Waals surface area (Å²) in [5.74, 6) is 1.78. The molecule has 3 rings (SSSR count). The van der Waals surface area contributed by atoms with Crippen molar-refractivity contribution in [1.82, 2.24) is 15.2 Å². The van der Waals surface area contributed by atoms with Crippen LogP contribution in [0.1, 0.15) is 21.7 Å². The largest absolute Gasteiger partial charge is 0.486 e. The summed E-state index contributed by atoms with van der Waals surface area (Å²) in [5, 5.41) is 7.48. The van der Waals surface area contributed by atoms with Gasteiger partial charge in [0, 0.05) is 5.56 Å². The minimum Gasteiger partial charge on any atom is -0.486 e. The summed E-state index contributed by atoms with van der Waals surface area (Å²) in [6.45, 7) is 2.34. The normalized spacial score (nSPS) is 10.5. The van der Waals surface area contributed by atoms with E-state index in [4.69, 9.17) is 4.74 Å². The fourth-order valence-corrected chi connectivity index (χ4v) is 2.74. The molecule has 0 fully saturated rings. The fourth-order valence-electron chi connectivity index (χ4n) is 2.03. The van der Waals surface area contributed by atoms with Gasteiger partial charge in [-0.25, -0.2) is 4.98 Å². The lowest BCUT2D eigenvalue weighted by molar-refractivity contribution is 0.102. The average Bonchev–Trinajstić information content (AvgIpc) is 3.08. The van der Waals surface area contributed by atoms with Crippen LogP contribution in [0.5, 0.6) is 5.75 Å². The van der Waals surface area contributed by atoms with Gasteiger partial charge in [0.05, 0.1) is 5.75 Å². The van der Waals surface area contributed by atoms with Crippen molar-refractivity contribution in [1.29, 1.82) is 0 Å². The molecule has 0 spiro atoms. The second-order valence-corrected chi connectivity index (χ2v) is 6.19. The summed E-state index contributed by atoms with van der Waals surface area (Å²) in [7, 11) is 0. The van der Waals surface area contributed by atoms with E-state index in [1.165, 1.54) is 17.3 Å². The van der Waals surface area contributed by atoms with Crippen LogP contribution in [0.3, 0.4) is 0 Å². The van der Waals surface area contributed by atoms with Gasteiger partial charge in [-0.05, 0) is 19.1 Å². The lowest BCUT2D eigenvalue weighted by Gasteiger charge is -2.03. The van der Waals surface area contributed by atoms with E-state index in [-0.39, 0.29) is 5.78 Å². The third kappa shape index (κ3) is 4.45. The van der Waals surface area contributed by atoms with E-state index < -0.39 is 0 Å². The topological polar surface area (TPSA) is 67.9 Å². The summed E-state index contributed by atoms with van der Waals surface area (Å²) in [5.41, 5.74) is 1.88. The number of nitrogens with one attached hydrogen (secondary N) is 1. The number of aromatic amines is 1. The van der Waals surface area contributed by atoms with Crippen molar-refractivity contribution in [3.05, 3.63) is 71.5 Å². The second kappa shape index (κ2) is 7.79. The van der Waals surface area contributed by atoms with Gasteiger partial charge in [0.25, 0.3) is 0 Å². The zero-order chi connectivity index (χ0) is 16.8. The molecule has 2 aromatic carbocycles. The van der Waals surface area contributed by atoms with Crippen molar-refractivity contribution < 1.29 is 9.53 Å². The number of Topliss-reactive ketones (excluding diaryl/α,β-unsaturated/α-hetero) is 1. The number of thioether (sulfide) groups is 1. The summed E-state index contributed by atoms with van der Waals surface area (Å²) < 4.78 is 5.65. The van der Waals surface area contributed by atoms with Crippen LogP contribution < -0.4 is 4.74 Å². The summed E-state index contributed by atoms with van der Waals surface area (Å²) in [6, 6.07) is 17.0. The average molecular weight is 339 g/mol. The van der Waals surface area contributed by atoms with Gasteiger partial charge in [-0.15, -0.1) is 5.10 Å². The Labute approximate surface area is 144 Å². The molecule has 0 saturated heterocycles. The van der Waals surface area contributed by atoms with Crippen molar-refractivity contribution in [3.63, 3.8) is 0 Å². The molecule has 5 nitrogen and oxygen atoms in total. The molecular weight excluding hydrogens is 322 g/mol. The molecule has 0 radical (unpaired) electrons. The number of ether oxygens (including phenoxy) is 1. The number of carbonyl (C=O) groups is 1. The number of rotatable bonds is 7. The zero-order valence-electron chi connectivity index (χ0n) is 13.2. The van der Waals surface area contributed by atoms with Gasteiger partial charge < -0.3 is 4.74 Å². The van der Waals surface area contributed by atoms with Gasteiger partial charge in [-0.1, -0.05) is 59.8 Å². The van der Waals surface area contributed by atoms with Crippen LogP contribution >= 0.6 is 11.8 Å². The number of benzene rings is 2. The Kier molecular flexibility index (Phi) is 5.28. The van der Waals surface area contributed by atoms with Crippen LogP contribution in [0, 0.1) is 6.92 Å². The lowest BCUT2D eigenvalue weighted by atomic mass is 10.2. The van der Waals surface area contributed by atoms with Gasteiger partial charge in [-0.3, -0.25) is 9.89 Å². The Balaban J connectivity index is 1.50. The third-order valence-electron chi connectivity index (χ3n) is 3.34. The first-order valence-corrected chi connectivity index (χ1v) is 8.51. The SMILES string of the molecule is Cc1ccc(OCc2nc(SCC(=O)c3ccccc3)n[nH]2)cc1. The van der Waals surface area contributed by atoms with Gasteiger partial charge in [0.1, 0.15) is 12.4 Å². The Hall–Kier alpha value is -2.60. The molecular formula is C18H17N3O2S. The molecule has 0 bridgehead atoms. The molecule has 1 aromatic heterocycles. The molecule has 0 unspecified atom stereocenters. The van der Waals surface area contributed by atoms with Crippen molar-refractivity contribution in [2.45, 2.75) is 18.7 Å². The Morgan fingerprint density at radius 2 is 1.88 bits per heavy atom. The molecule has 1 N–H and O–H groups in total. The molecule has 3 aromatic rings. The number of H-pyrrole nitrogens is 1. The third-order valence-corrected chi connectivity index (χ3v) is 4.18. The van der Waals surface area contributed by atoms with Crippen molar-refractivity contribution >= 4 is 17.5 Å². The molecule has 0 saturated carbocycles. The van der Waals surface area contributed by atoms with E-state index >= 15 is 0 Å². The second-order valence-electron chi connectivity index (χ2n) is 5.24. The molecule has 122 valence electrons. The number of nitrogens with zero attached hydrogens (tertiary/aromatic N) is 2. The van der Waals surface area contributed by atoms with Gasteiger partial charge in [-0.2, -0.15) is 0 Å². The maximum Gasteiger partial charge on any atom is 0.208 e. The monoisotopic (exact) mass is 339 g/mol.